The number of aryl methyl sites for hydroxylation is 1. The van der Waals surface area contributed by atoms with Gasteiger partial charge in [-0.05, 0) is 43.0 Å². The lowest BCUT2D eigenvalue weighted by Crippen LogP contribution is -2.35. The standard InChI is InChI=1S/C17H19ClN2O3S2/c1-12-8-9-16(13(18)10-12)25(22,23)20(2)11-17(21)19-14-6-4-5-7-15(14)24-3/h4-10H,11H2,1-3H3,(H,19,21). The molecule has 0 bridgehead atoms. The van der Waals surface area contributed by atoms with E-state index in [-0.39, 0.29) is 16.5 Å². The first-order chi connectivity index (χ1) is 11.8. The number of carbonyl (C=O) groups excluding carboxylic acids is 1. The Morgan fingerprint density at radius 2 is 1.92 bits per heavy atom. The van der Waals surface area contributed by atoms with E-state index in [1.54, 1.807) is 18.2 Å². The smallest absolute Gasteiger partial charge is 0.244 e. The fraction of sp³-hybridized carbons (Fsp3) is 0.235. The summed E-state index contributed by atoms with van der Waals surface area (Å²) in [5.74, 6) is -0.421. The van der Waals surface area contributed by atoms with Gasteiger partial charge in [0.2, 0.25) is 15.9 Å². The molecular weight excluding hydrogens is 380 g/mol. The molecule has 2 aromatic carbocycles. The van der Waals surface area contributed by atoms with Crippen LogP contribution in [0, 0.1) is 6.92 Å². The van der Waals surface area contributed by atoms with Crippen LogP contribution in [-0.2, 0) is 14.8 Å². The number of para-hydroxylation sites is 1. The van der Waals surface area contributed by atoms with E-state index in [9.17, 15) is 13.2 Å². The first-order valence-electron chi connectivity index (χ1n) is 7.41. The molecule has 0 heterocycles. The fourth-order valence-electron chi connectivity index (χ4n) is 2.21. The van der Waals surface area contributed by atoms with Crippen LogP contribution in [0.1, 0.15) is 5.56 Å². The molecule has 0 spiro atoms. The van der Waals surface area contributed by atoms with E-state index in [0.29, 0.717) is 5.69 Å². The number of anilines is 1. The predicted octanol–water partition coefficient (Wildman–Crippen LogP) is 3.63. The number of carbonyl (C=O) groups is 1. The second-order valence-corrected chi connectivity index (χ2v) is 8.71. The zero-order chi connectivity index (χ0) is 18.6. The molecule has 0 unspecified atom stereocenters. The summed E-state index contributed by atoms with van der Waals surface area (Å²) in [5, 5.41) is 2.88. The summed E-state index contributed by atoms with van der Waals surface area (Å²) in [4.78, 5) is 13.1. The zero-order valence-corrected chi connectivity index (χ0v) is 16.5. The van der Waals surface area contributed by atoms with Crippen LogP contribution in [-0.4, -0.2) is 38.5 Å². The van der Waals surface area contributed by atoms with E-state index in [4.69, 9.17) is 11.6 Å². The second kappa shape index (κ2) is 8.23. The number of nitrogens with one attached hydrogen (secondary N) is 1. The Balaban J connectivity index is 2.15. The zero-order valence-electron chi connectivity index (χ0n) is 14.1. The van der Waals surface area contributed by atoms with Crippen LogP contribution in [0.4, 0.5) is 5.69 Å². The Labute approximate surface area is 157 Å². The van der Waals surface area contributed by atoms with Gasteiger partial charge in [-0.1, -0.05) is 29.8 Å². The molecule has 8 heteroatoms. The number of nitrogens with zero attached hydrogens (tertiary/aromatic N) is 1. The molecular formula is C17H19ClN2O3S2. The van der Waals surface area contributed by atoms with Crippen molar-refractivity contribution in [1.29, 1.82) is 0 Å². The predicted molar refractivity (Wildman–Crippen MR) is 103 cm³/mol. The van der Waals surface area contributed by atoms with Crippen LogP contribution >= 0.6 is 23.4 Å². The highest BCUT2D eigenvalue weighted by Crippen LogP contribution is 2.26. The summed E-state index contributed by atoms with van der Waals surface area (Å²) in [6.07, 6.45) is 1.90. The molecule has 0 aromatic heterocycles. The van der Waals surface area contributed by atoms with Crippen molar-refractivity contribution in [3.63, 3.8) is 0 Å². The van der Waals surface area contributed by atoms with Crippen molar-refractivity contribution in [3.05, 3.63) is 53.1 Å². The summed E-state index contributed by atoms with van der Waals surface area (Å²) in [7, 11) is -2.50. The van der Waals surface area contributed by atoms with Crippen LogP contribution in [0.3, 0.4) is 0 Å². The van der Waals surface area contributed by atoms with Crippen molar-refractivity contribution in [2.24, 2.45) is 0 Å². The first-order valence-corrected chi connectivity index (χ1v) is 10.5. The normalized spacial score (nSPS) is 11.6. The molecule has 134 valence electrons. The molecule has 2 rings (SSSR count). The highest BCUT2D eigenvalue weighted by Gasteiger charge is 2.25. The molecule has 0 atom stereocenters. The lowest BCUT2D eigenvalue weighted by Gasteiger charge is -2.18. The number of sulfonamides is 1. The summed E-state index contributed by atoms with van der Waals surface area (Å²) in [6.45, 7) is 1.51. The van der Waals surface area contributed by atoms with Crippen molar-refractivity contribution in [2.45, 2.75) is 16.7 Å². The lowest BCUT2D eigenvalue weighted by atomic mass is 10.2. The lowest BCUT2D eigenvalue weighted by molar-refractivity contribution is -0.116. The molecule has 0 aliphatic heterocycles. The van der Waals surface area contributed by atoms with Crippen molar-refractivity contribution in [3.8, 4) is 0 Å². The van der Waals surface area contributed by atoms with Crippen LogP contribution in [0.25, 0.3) is 0 Å². The molecule has 0 aliphatic rings. The van der Waals surface area contributed by atoms with Crippen LogP contribution in [0.15, 0.2) is 52.3 Å². The molecule has 0 aliphatic carbocycles. The number of hydrogen-bond acceptors (Lipinski definition) is 4. The van der Waals surface area contributed by atoms with Crippen LogP contribution in [0.5, 0.6) is 0 Å². The molecule has 1 amide bonds. The van der Waals surface area contributed by atoms with E-state index < -0.39 is 15.9 Å². The minimum absolute atomic E-state index is 0.0143. The maximum atomic E-state index is 12.6. The average molecular weight is 399 g/mol. The van der Waals surface area contributed by atoms with Crippen molar-refractivity contribution in [1.82, 2.24) is 4.31 Å². The quantitative estimate of drug-likeness (QED) is 0.754. The summed E-state index contributed by atoms with van der Waals surface area (Å²) >= 11 is 7.55. The fourth-order valence-corrected chi connectivity index (χ4v) is 4.46. The monoisotopic (exact) mass is 398 g/mol. The van der Waals surface area contributed by atoms with Gasteiger partial charge in [0, 0.05) is 11.9 Å². The first kappa shape index (κ1) is 19.8. The molecule has 5 nitrogen and oxygen atoms in total. The van der Waals surface area contributed by atoms with E-state index in [1.807, 2.05) is 31.4 Å². The summed E-state index contributed by atoms with van der Waals surface area (Å²) in [6, 6.07) is 12.0. The van der Waals surface area contributed by atoms with E-state index in [1.165, 1.54) is 24.9 Å². The Hall–Kier alpha value is -1.54. The van der Waals surface area contributed by atoms with Gasteiger partial charge in [0.25, 0.3) is 0 Å². The van der Waals surface area contributed by atoms with Gasteiger partial charge in [0.15, 0.2) is 0 Å². The number of likely N-dealkylation sites (N-methyl/N-ethyl adjacent to an activating group) is 1. The van der Waals surface area contributed by atoms with Gasteiger partial charge in [0.05, 0.1) is 17.3 Å². The van der Waals surface area contributed by atoms with Gasteiger partial charge in [-0.3, -0.25) is 4.79 Å². The largest absolute Gasteiger partial charge is 0.324 e. The molecule has 0 saturated heterocycles. The van der Waals surface area contributed by atoms with Crippen molar-refractivity contribution in [2.75, 3.05) is 25.2 Å². The van der Waals surface area contributed by atoms with E-state index in [0.717, 1.165) is 14.8 Å². The number of thioether (sulfide) groups is 1. The number of halogens is 1. The van der Waals surface area contributed by atoms with Crippen LogP contribution in [0.2, 0.25) is 5.02 Å². The highest BCUT2D eigenvalue weighted by atomic mass is 35.5. The molecule has 0 fully saturated rings. The highest BCUT2D eigenvalue weighted by molar-refractivity contribution is 7.98. The molecule has 0 saturated carbocycles. The summed E-state index contributed by atoms with van der Waals surface area (Å²) in [5.41, 5.74) is 1.51. The van der Waals surface area contributed by atoms with E-state index in [2.05, 4.69) is 5.32 Å². The topological polar surface area (TPSA) is 66.5 Å². The molecule has 25 heavy (non-hydrogen) atoms. The van der Waals surface area contributed by atoms with Gasteiger partial charge in [0.1, 0.15) is 4.90 Å². The third kappa shape index (κ3) is 4.76. The summed E-state index contributed by atoms with van der Waals surface area (Å²) < 4.78 is 26.3. The number of amides is 1. The van der Waals surface area contributed by atoms with Gasteiger partial charge < -0.3 is 5.32 Å². The molecule has 2 aromatic rings. The minimum Gasteiger partial charge on any atom is -0.324 e. The van der Waals surface area contributed by atoms with Crippen molar-refractivity contribution >= 4 is 45.0 Å². The van der Waals surface area contributed by atoms with Crippen LogP contribution < -0.4 is 5.32 Å². The number of benzene rings is 2. The maximum absolute atomic E-state index is 12.6. The van der Waals surface area contributed by atoms with Gasteiger partial charge in [-0.15, -0.1) is 11.8 Å². The minimum atomic E-state index is -3.85. The van der Waals surface area contributed by atoms with Gasteiger partial charge in [-0.25, -0.2) is 8.42 Å². The van der Waals surface area contributed by atoms with Crippen molar-refractivity contribution < 1.29 is 13.2 Å². The molecule has 1 N–H and O–H groups in total. The Kier molecular flexibility index (Phi) is 6.51. The number of hydrogen-bond donors (Lipinski definition) is 1. The second-order valence-electron chi connectivity index (χ2n) is 5.44. The third-order valence-electron chi connectivity index (χ3n) is 3.52. The SMILES string of the molecule is CSc1ccccc1NC(=O)CN(C)S(=O)(=O)c1ccc(C)cc1Cl. The number of rotatable bonds is 6. The maximum Gasteiger partial charge on any atom is 0.244 e. The third-order valence-corrected chi connectivity index (χ3v) is 6.61. The molecule has 0 radical (unpaired) electrons. The Bertz CT molecular complexity index is 885. The van der Waals surface area contributed by atoms with E-state index >= 15 is 0 Å². The van der Waals surface area contributed by atoms with Gasteiger partial charge >= 0.3 is 0 Å². The Morgan fingerprint density at radius 1 is 1.24 bits per heavy atom. The van der Waals surface area contributed by atoms with Gasteiger partial charge in [-0.2, -0.15) is 4.31 Å². The average Bonchev–Trinajstić information content (AvgIpc) is 2.54. The Morgan fingerprint density at radius 3 is 2.56 bits per heavy atom.